The van der Waals surface area contributed by atoms with E-state index in [0.29, 0.717) is 24.5 Å². The Labute approximate surface area is 123 Å². The maximum absolute atomic E-state index is 13.1. The Balaban J connectivity index is 2.09. The lowest BCUT2D eigenvalue weighted by Crippen LogP contribution is -2.04. The molecule has 2 aromatic rings. The van der Waals surface area contributed by atoms with E-state index in [4.69, 9.17) is 15.2 Å². The highest BCUT2D eigenvalue weighted by molar-refractivity contribution is 5.40. The van der Waals surface area contributed by atoms with E-state index in [1.165, 1.54) is 6.07 Å². The molecular formula is C16H19FN2O2. The summed E-state index contributed by atoms with van der Waals surface area (Å²) in [5.41, 5.74) is 7.24. The van der Waals surface area contributed by atoms with Crippen LogP contribution in [0.2, 0.25) is 0 Å². The van der Waals surface area contributed by atoms with Gasteiger partial charge in [-0.15, -0.1) is 0 Å². The standard InChI is InChI=1S/C16H19FN2O2/c1-2-5-20-15-4-3-13(8-18)16(7-15)21-11-12-6-14(17)10-19-9-12/h3-4,6-7,9-10H,2,5,8,11,18H2,1H3. The minimum absolute atomic E-state index is 0.231. The SMILES string of the molecule is CCCOc1ccc(CN)c(OCc2cncc(F)c2)c1. The van der Waals surface area contributed by atoms with Crippen LogP contribution in [0.4, 0.5) is 4.39 Å². The quantitative estimate of drug-likeness (QED) is 0.851. The summed E-state index contributed by atoms with van der Waals surface area (Å²) in [6, 6.07) is 6.95. The first-order chi connectivity index (χ1) is 10.2. The molecule has 4 nitrogen and oxygen atoms in total. The van der Waals surface area contributed by atoms with Gasteiger partial charge >= 0.3 is 0 Å². The van der Waals surface area contributed by atoms with E-state index in [1.807, 2.05) is 25.1 Å². The smallest absolute Gasteiger partial charge is 0.141 e. The van der Waals surface area contributed by atoms with Crippen LogP contribution in [-0.2, 0) is 13.2 Å². The summed E-state index contributed by atoms with van der Waals surface area (Å²) in [6.45, 7) is 3.29. The second-order valence-corrected chi connectivity index (χ2v) is 4.62. The van der Waals surface area contributed by atoms with E-state index >= 15 is 0 Å². The van der Waals surface area contributed by atoms with E-state index in [1.54, 1.807) is 6.20 Å². The summed E-state index contributed by atoms with van der Waals surface area (Å²) >= 11 is 0. The topological polar surface area (TPSA) is 57.4 Å². The predicted molar refractivity (Wildman–Crippen MR) is 78.6 cm³/mol. The van der Waals surface area contributed by atoms with Gasteiger partial charge in [0.05, 0.1) is 12.8 Å². The summed E-state index contributed by atoms with van der Waals surface area (Å²) in [5.74, 6) is 1.01. The second kappa shape index (κ2) is 7.59. The zero-order valence-corrected chi connectivity index (χ0v) is 12.0. The van der Waals surface area contributed by atoms with Crippen LogP contribution in [0.1, 0.15) is 24.5 Å². The number of ether oxygens (including phenoxy) is 2. The number of aromatic nitrogens is 1. The van der Waals surface area contributed by atoms with Crippen LogP contribution in [-0.4, -0.2) is 11.6 Å². The van der Waals surface area contributed by atoms with Crippen molar-refractivity contribution in [1.82, 2.24) is 4.98 Å². The van der Waals surface area contributed by atoms with Crippen LogP contribution in [0.25, 0.3) is 0 Å². The number of rotatable bonds is 7. The summed E-state index contributed by atoms with van der Waals surface area (Å²) in [6.07, 6.45) is 3.67. The van der Waals surface area contributed by atoms with E-state index in [-0.39, 0.29) is 12.4 Å². The van der Waals surface area contributed by atoms with E-state index in [0.717, 1.165) is 23.9 Å². The molecule has 1 aromatic heterocycles. The van der Waals surface area contributed by atoms with Crippen molar-refractivity contribution in [2.24, 2.45) is 5.73 Å². The van der Waals surface area contributed by atoms with Gasteiger partial charge in [0.2, 0.25) is 0 Å². The summed E-state index contributed by atoms with van der Waals surface area (Å²) in [5, 5.41) is 0. The first kappa shape index (κ1) is 15.3. The van der Waals surface area contributed by atoms with Gasteiger partial charge in [-0.05, 0) is 18.6 Å². The molecule has 1 heterocycles. The molecule has 0 saturated carbocycles. The molecule has 0 aliphatic rings. The molecule has 112 valence electrons. The van der Waals surface area contributed by atoms with Crippen molar-refractivity contribution in [3.05, 3.63) is 53.6 Å². The summed E-state index contributed by atoms with van der Waals surface area (Å²) in [4.78, 5) is 3.79. The summed E-state index contributed by atoms with van der Waals surface area (Å²) < 4.78 is 24.4. The molecule has 1 aromatic carbocycles. The molecule has 0 aliphatic heterocycles. The first-order valence-electron chi connectivity index (χ1n) is 6.91. The van der Waals surface area contributed by atoms with Gasteiger partial charge in [0.25, 0.3) is 0 Å². The van der Waals surface area contributed by atoms with Crippen LogP contribution < -0.4 is 15.2 Å². The lowest BCUT2D eigenvalue weighted by molar-refractivity contribution is 0.291. The molecule has 0 radical (unpaired) electrons. The molecule has 2 N–H and O–H groups in total. The van der Waals surface area contributed by atoms with Crippen LogP contribution in [0.3, 0.4) is 0 Å². The number of hydrogen-bond acceptors (Lipinski definition) is 4. The number of pyridine rings is 1. The van der Waals surface area contributed by atoms with Gasteiger partial charge in [-0.25, -0.2) is 4.39 Å². The third-order valence-corrected chi connectivity index (χ3v) is 2.89. The first-order valence-corrected chi connectivity index (χ1v) is 6.91. The Hall–Kier alpha value is -2.14. The van der Waals surface area contributed by atoms with Crippen molar-refractivity contribution in [3.63, 3.8) is 0 Å². The normalized spacial score (nSPS) is 10.4. The van der Waals surface area contributed by atoms with Crippen molar-refractivity contribution in [2.45, 2.75) is 26.5 Å². The highest BCUT2D eigenvalue weighted by atomic mass is 19.1. The van der Waals surface area contributed by atoms with Gasteiger partial charge in [-0.1, -0.05) is 13.0 Å². The second-order valence-electron chi connectivity index (χ2n) is 4.62. The fourth-order valence-corrected chi connectivity index (χ4v) is 1.84. The lowest BCUT2D eigenvalue weighted by Gasteiger charge is -2.13. The number of benzene rings is 1. The Kier molecular flexibility index (Phi) is 5.51. The van der Waals surface area contributed by atoms with E-state index in [2.05, 4.69) is 4.98 Å². The fourth-order valence-electron chi connectivity index (χ4n) is 1.84. The minimum atomic E-state index is -0.379. The average molecular weight is 290 g/mol. The Morgan fingerprint density at radius 1 is 1.19 bits per heavy atom. The third kappa shape index (κ3) is 4.43. The zero-order valence-electron chi connectivity index (χ0n) is 12.0. The molecule has 0 saturated heterocycles. The van der Waals surface area contributed by atoms with Gasteiger partial charge in [0.1, 0.15) is 23.9 Å². The molecular weight excluding hydrogens is 271 g/mol. The highest BCUT2D eigenvalue weighted by Gasteiger charge is 2.06. The Morgan fingerprint density at radius 3 is 2.76 bits per heavy atom. The average Bonchev–Trinajstić information content (AvgIpc) is 2.51. The van der Waals surface area contributed by atoms with Crippen LogP contribution in [0, 0.1) is 5.82 Å². The van der Waals surface area contributed by atoms with Gasteiger partial charge < -0.3 is 15.2 Å². The number of nitrogens with two attached hydrogens (primary N) is 1. The molecule has 21 heavy (non-hydrogen) atoms. The lowest BCUT2D eigenvalue weighted by atomic mass is 10.2. The van der Waals surface area contributed by atoms with Crippen molar-refractivity contribution < 1.29 is 13.9 Å². The summed E-state index contributed by atoms with van der Waals surface area (Å²) in [7, 11) is 0. The van der Waals surface area contributed by atoms with Crippen LogP contribution in [0.15, 0.2) is 36.7 Å². The predicted octanol–water partition coefficient (Wildman–Crippen LogP) is 3.05. The van der Waals surface area contributed by atoms with Crippen LogP contribution in [0.5, 0.6) is 11.5 Å². The van der Waals surface area contributed by atoms with Crippen LogP contribution >= 0.6 is 0 Å². The molecule has 0 bridgehead atoms. The monoisotopic (exact) mass is 290 g/mol. The Morgan fingerprint density at radius 2 is 2.05 bits per heavy atom. The molecule has 0 atom stereocenters. The molecule has 0 unspecified atom stereocenters. The number of nitrogens with zero attached hydrogens (tertiary/aromatic N) is 1. The van der Waals surface area contributed by atoms with E-state index < -0.39 is 0 Å². The largest absolute Gasteiger partial charge is 0.493 e. The minimum Gasteiger partial charge on any atom is -0.493 e. The molecule has 0 spiro atoms. The zero-order chi connectivity index (χ0) is 15.1. The van der Waals surface area contributed by atoms with Crippen molar-refractivity contribution in [1.29, 1.82) is 0 Å². The van der Waals surface area contributed by atoms with Gasteiger partial charge in [-0.3, -0.25) is 4.98 Å². The molecule has 0 amide bonds. The van der Waals surface area contributed by atoms with Gasteiger partial charge in [0, 0.05) is 29.9 Å². The van der Waals surface area contributed by atoms with E-state index in [9.17, 15) is 4.39 Å². The van der Waals surface area contributed by atoms with Crippen molar-refractivity contribution >= 4 is 0 Å². The number of hydrogen-bond donors (Lipinski definition) is 1. The molecule has 0 aliphatic carbocycles. The molecule has 2 rings (SSSR count). The maximum Gasteiger partial charge on any atom is 0.141 e. The van der Waals surface area contributed by atoms with Gasteiger partial charge in [-0.2, -0.15) is 0 Å². The van der Waals surface area contributed by atoms with Crippen molar-refractivity contribution in [3.8, 4) is 11.5 Å². The molecule has 5 heteroatoms. The van der Waals surface area contributed by atoms with Gasteiger partial charge in [0.15, 0.2) is 0 Å². The molecule has 0 fully saturated rings. The third-order valence-electron chi connectivity index (χ3n) is 2.89. The fraction of sp³-hybridized carbons (Fsp3) is 0.312. The Bertz CT molecular complexity index is 590. The highest BCUT2D eigenvalue weighted by Crippen LogP contribution is 2.25. The maximum atomic E-state index is 13.1. The number of halogens is 1. The van der Waals surface area contributed by atoms with Crippen molar-refractivity contribution in [2.75, 3.05) is 6.61 Å².